The summed E-state index contributed by atoms with van der Waals surface area (Å²) in [5, 5.41) is 2.65. The first-order valence-corrected chi connectivity index (χ1v) is 10.0. The molecule has 0 spiro atoms. The number of hydrogen-bond acceptors (Lipinski definition) is 3. The average molecular weight is 429 g/mol. The van der Waals surface area contributed by atoms with E-state index in [9.17, 15) is 18.8 Å². The standard InChI is InChI=1S/C25H20FN3O3/c26-20-11-12-21(18-9-5-2-6-10-18)19(13-20)15-27-24(31)22-14-23(30)29(25(32)28-22)16-17-7-3-1-4-8-17/h1-14H,15-16H2,(H,27,31)(H,28,32). The Morgan fingerprint density at radius 1 is 0.906 bits per heavy atom. The zero-order valence-corrected chi connectivity index (χ0v) is 17.0. The third kappa shape index (κ3) is 4.73. The van der Waals surface area contributed by atoms with Crippen LogP contribution < -0.4 is 16.6 Å². The first kappa shape index (κ1) is 21.0. The first-order chi connectivity index (χ1) is 15.5. The Balaban J connectivity index is 1.54. The van der Waals surface area contributed by atoms with Crippen LogP contribution in [0.4, 0.5) is 4.39 Å². The molecule has 0 saturated carbocycles. The third-order valence-electron chi connectivity index (χ3n) is 5.04. The second kappa shape index (κ2) is 9.26. The van der Waals surface area contributed by atoms with Crippen LogP contribution in [0.15, 0.2) is 94.5 Å². The predicted octanol–water partition coefficient (Wildman–Crippen LogP) is 3.32. The maximum absolute atomic E-state index is 13.8. The lowest BCUT2D eigenvalue weighted by Crippen LogP contribution is -2.38. The van der Waals surface area contributed by atoms with E-state index in [1.807, 2.05) is 48.5 Å². The molecule has 1 heterocycles. The van der Waals surface area contributed by atoms with Crippen LogP contribution in [0.1, 0.15) is 21.6 Å². The lowest BCUT2D eigenvalue weighted by Gasteiger charge is -2.12. The Kier molecular flexibility index (Phi) is 6.07. The summed E-state index contributed by atoms with van der Waals surface area (Å²) in [5.41, 5.74) is 1.61. The number of nitrogens with one attached hydrogen (secondary N) is 2. The highest BCUT2D eigenvalue weighted by atomic mass is 19.1. The van der Waals surface area contributed by atoms with Gasteiger partial charge in [0, 0.05) is 12.6 Å². The van der Waals surface area contributed by atoms with Crippen LogP contribution in [0.5, 0.6) is 0 Å². The topological polar surface area (TPSA) is 84.0 Å². The van der Waals surface area contributed by atoms with E-state index in [0.29, 0.717) is 5.56 Å². The second-order valence-electron chi connectivity index (χ2n) is 7.25. The number of nitrogens with zero attached hydrogens (tertiary/aromatic N) is 1. The van der Waals surface area contributed by atoms with Crippen molar-refractivity contribution in [2.75, 3.05) is 0 Å². The fourth-order valence-corrected chi connectivity index (χ4v) is 3.44. The number of halogens is 1. The Bertz CT molecular complexity index is 1330. The van der Waals surface area contributed by atoms with Crippen molar-refractivity contribution in [3.05, 3.63) is 128 Å². The lowest BCUT2D eigenvalue weighted by molar-refractivity contribution is 0.0945. The molecule has 160 valence electrons. The van der Waals surface area contributed by atoms with Gasteiger partial charge in [-0.15, -0.1) is 0 Å². The van der Waals surface area contributed by atoms with Crippen LogP contribution in [-0.4, -0.2) is 15.5 Å². The molecule has 3 aromatic carbocycles. The van der Waals surface area contributed by atoms with Gasteiger partial charge in [-0.1, -0.05) is 66.7 Å². The molecule has 0 saturated heterocycles. The Hall–Kier alpha value is -4.26. The normalized spacial score (nSPS) is 10.7. The number of carbonyl (C=O) groups is 1. The van der Waals surface area contributed by atoms with Gasteiger partial charge >= 0.3 is 5.69 Å². The number of rotatable bonds is 6. The summed E-state index contributed by atoms with van der Waals surface area (Å²) in [6.45, 7) is 0.122. The SMILES string of the molecule is O=C(NCc1cc(F)ccc1-c1ccccc1)c1cc(=O)n(Cc2ccccc2)c(=O)[nH]1. The van der Waals surface area contributed by atoms with Crippen molar-refractivity contribution in [2.24, 2.45) is 0 Å². The van der Waals surface area contributed by atoms with Gasteiger partial charge in [0.25, 0.3) is 11.5 Å². The van der Waals surface area contributed by atoms with Gasteiger partial charge in [0.2, 0.25) is 0 Å². The number of aromatic nitrogens is 2. The molecule has 4 aromatic rings. The smallest absolute Gasteiger partial charge is 0.329 e. The highest BCUT2D eigenvalue weighted by molar-refractivity contribution is 5.92. The number of H-pyrrole nitrogens is 1. The van der Waals surface area contributed by atoms with E-state index in [2.05, 4.69) is 10.3 Å². The molecule has 0 bridgehead atoms. The fraction of sp³-hybridized carbons (Fsp3) is 0.0800. The quantitative estimate of drug-likeness (QED) is 0.493. The minimum atomic E-state index is -0.678. The molecule has 0 fully saturated rings. The zero-order valence-electron chi connectivity index (χ0n) is 17.0. The van der Waals surface area contributed by atoms with E-state index in [-0.39, 0.29) is 18.8 Å². The average Bonchev–Trinajstić information content (AvgIpc) is 2.81. The number of carbonyl (C=O) groups excluding carboxylic acids is 1. The van der Waals surface area contributed by atoms with Crippen molar-refractivity contribution in [1.29, 1.82) is 0 Å². The molecule has 32 heavy (non-hydrogen) atoms. The van der Waals surface area contributed by atoms with E-state index in [0.717, 1.165) is 27.3 Å². The van der Waals surface area contributed by atoms with Crippen molar-refractivity contribution in [2.45, 2.75) is 13.1 Å². The van der Waals surface area contributed by atoms with Gasteiger partial charge in [0.15, 0.2) is 0 Å². The maximum Gasteiger partial charge on any atom is 0.329 e. The van der Waals surface area contributed by atoms with Crippen LogP contribution in [0.25, 0.3) is 11.1 Å². The van der Waals surface area contributed by atoms with Gasteiger partial charge in [0.1, 0.15) is 11.5 Å². The molecule has 1 amide bonds. The summed E-state index contributed by atoms with van der Waals surface area (Å²) in [5.74, 6) is -1.06. The molecule has 0 radical (unpaired) electrons. The van der Waals surface area contributed by atoms with Crippen LogP contribution >= 0.6 is 0 Å². The zero-order chi connectivity index (χ0) is 22.5. The van der Waals surface area contributed by atoms with Gasteiger partial charge in [-0.05, 0) is 34.4 Å². The third-order valence-corrected chi connectivity index (χ3v) is 5.04. The molecule has 1 aromatic heterocycles. The molecule has 4 rings (SSSR count). The minimum absolute atomic E-state index is 0.0238. The number of benzene rings is 3. The van der Waals surface area contributed by atoms with Crippen LogP contribution in [-0.2, 0) is 13.1 Å². The number of hydrogen-bond donors (Lipinski definition) is 2. The van der Waals surface area contributed by atoms with E-state index in [1.165, 1.54) is 12.1 Å². The summed E-state index contributed by atoms with van der Waals surface area (Å²) < 4.78 is 14.9. The van der Waals surface area contributed by atoms with Crippen molar-refractivity contribution < 1.29 is 9.18 Å². The molecule has 0 aliphatic heterocycles. The Labute approximate surface area is 183 Å². The largest absolute Gasteiger partial charge is 0.347 e. The second-order valence-corrected chi connectivity index (χ2v) is 7.25. The molecule has 0 aliphatic carbocycles. The van der Waals surface area contributed by atoms with Gasteiger partial charge in [0.05, 0.1) is 6.54 Å². The molecule has 0 unspecified atom stereocenters. The monoisotopic (exact) mass is 429 g/mol. The van der Waals surface area contributed by atoms with E-state index < -0.39 is 23.0 Å². The Morgan fingerprint density at radius 3 is 2.28 bits per heavy atom. The highest BCUT2D eigenvalue weighted by Crippen LogP contribution is 2.24. The molecular formula is C25H20FN3O3. The minimum Gasteiger partial charge on any atom is -0.347 e. The summed E-state index contributed by atoms with van der Waals surface area (Å²) in [6, 6.07) is 23.9. The Morgan fingerprint density at radius 2 is 1.59 bits per heavy atom. The van der Waals surface area contributed by atoms with Crippen molar-refractivity contribution in [3.63, 3.8) is 0 Å². The number of amides is 1. The predicted molar refractivity (Wildman–Crippen MR) is 120 cm³/mol. The van der Waals surface area contributed by atoms with Gasteiger partial charge < -0.3 is 10.3 Å². The van der Waals surface area contributed by atoms with Crippen molar-refractivity contribution in [3.8, 4) is 11.1 Å². The van der Waals surface area contributed by atoms with Gasteiger partial charge in [-0.25, -0.2) is 9.18 Å². The molecule has 7 heteroatoms. The molecule has 0 aliphatic rings. The van der Waals surface area contributed by atoms with Crippen molar-refractivity contribution >= 4 is 5.91 Å². The number of aromatic amines is 1. The highest BCUT2D eigenvalue weighted by Gasteiger charge is 2.13. The molecule has 6 nitrogen and oxygen atoms in total. The van der Waals surface area contributed by atoms with E-state index in [1.54, 1.807) is 18.2 Å². The lowest BCUT2D eigenvalue weighted by atomic mass is 9.99. The fourth-order valence-electron chi connectivity index (χ4n) is 3.44. The molecular weight excluding hydrogens is 409 g/mol. The summed E-state index contributed by atoms with van der Waals surface area (Å²) in [6.07, 6.45) is 0. The van der Waals surface area contributed by atoms with Gasteiger partial charge in [-0.3, -0.25) is 14.2 Å². The summed E-state index contributed by atoms with van der Waals surface area (Å²) in [7, 11) is 0. The molecule has 2 N–H and O–H groups in total. The van der Waals surface area contributed by atoms with Crippen LogP contribution in [0.3, 0.4) is 0 Å². The summed E-state index contributed by atoms with van der Waals surface area (Å²) in [4.78, 5) is 39.9. The van der Waals surface area contributed by atoms with Crippen molar-refractivity contribution in [1.82, 2.24) is 14.9 Å². The summed E-state index contributed by atoms with van der Waals surface area (Å²) >= 11 is 0. The van der Waals surface area contributed by atoms with Crippen LogP contribution in [0, 0.1) is 5.82 Å². The van der Waals surface area contributed by atoms with Gasteiger partial charge in [-0.2, -0.15) is 0 Å². The molecule has 0 atom stereocenters. The first-order valence-electron chi connectivity index (χ1n) is 10.0. The van der Waals surface area contributed by atoms with E-state index in [4.69, 9.17) is 0 Å². The van der Waals surface area contributed by atoms with E-state index >= 15 is 0 Å². The van der Waals surface area contributed by atoms with Crippen LogP contribution in [0.2, 0.25) is 0 Å². The maximum atomic E-state index is 13.8.